The molecule has 20 heavy (non-hydrogen) atoms. The van der Waals surface area contributed by atoms with Crippen LogP contribution in [0.25, 0.3) is 0 Å². The molecule has 0 aromatic heterocycles. The summed E-state index contributed by atoms with van der Waals surface area (Å²) in [6, 6.07) is 11.0. The highest BCUT2D eigenvalue weighted by Crippen LogP contribution is 2.18. The van der Waals surface area contributed by atoms with Crippen molar-refractivity contribution in [3.05, 3.63) is 59.7 Å². The predicted octanol–water partition coefficient (Wildman–Crippen LogP) is 4.36. The molecule has 0 aliphatic carbocycles. The number of hydrogen-bond acceptors (Lipinski definition) is 2. The minimum atomic E-state index is -0.568. The normalized spacial score (nSPS) is 10.7. The highest BCUT2D eigenvalue weighted by atomic mass is 19.1. The van der Waals surface area contributed by atoms with Crippen LogP contribution in [0.2, 0.25) is 0 Å². The molecule has 0 amide bonds. The zero-order valence-electron chi connectivity index (χ0n) is 11.5. The van der Waals surface area contributed by atoms with Crippen LogP contribution in [0.15, 0.2) is 42.5 Å². The minimum absolute atomic E-state index is 0.127. The van der Waals surface area contributed by atoms with Gasteiger partial charge in [0.25, 0.3) is 0 Å². The fraction of sp³-hybridized carbons (Fsp3) is 0.250. The van der Waals surface area contributed by atoms with E-state index < -0.39 is 11.6 Å². The molecule has 2 nitrogen and oxygen atoms in total. The molecule has 0 atom stereocenters. The van der Waals surface area contributed by atoms with E-state index in [1.54, 1.807) is 0 Å². The number of benzene rings is 2. The van der Waals surface area contributed by atoms with Crippen molar-refractivity contribution in [3.63, 3.8) is 0 Å². The summed E-state index contributed by atoms with van der Waals surface area (Å²) >= 11 is 0. The van der Waals surface area contributed by atoms with E-state index >= 15 is 0 Å². The van der Waals surface area contributed by atoms with E-state index in [1.807, 2.05) is 38.1 Å². The van der Waals surface area contributed by atoms with Crippen LogP contribution in [0.3, 0.4) is 0 Å². The molecule has 2 aromatic rings. The molecule has 0 saturated carbocycles. The molecular formula is C16H17F2NO. The largest absolute Gasteiger partial charge is 0.491 e. The number of hydrogen-bond donors (Lipinski definition) is 1. The first-order valence-corrected chi connectivity index (χ1v) is 6.49. The minimum Gasteiger partial charge on any atom is -0.491 e. The van der Waals surface area contributed by atoms with Gasteiger partial charge in [0.1, 0.15) is 17.4 Å². The molecule has 0 aliphatic heterocycles. The summed E-state index contributed by atoms with van der Waals surface area (Å²) in [6.45, 7) is 4.23. The van der Waals surface area contributed by atoms with E-state index in [4.69, 9.17) is 4.74 Å². The van der Waals surface area contributed by atoms with Crippen molar-refractivity contribution >= 4 is 5.69 Å². The van der Waals surface area contributed by atoms with Gasteiger partial charge in [0.15, 0.2) is 0 Å². The quantitative estimate of drug-likeness (QED) is 0.876. The SMILES string of the molecule is CC(C)Oc1ccc(NCc2ccc(F)cc2F)cc1. The molecule has 106 valence electrons. The Morgan fingerprint density at radius 3 is 2.35 bits per heavy atom. The second-order valence-corrected chi connectivity index (χ2v) is 4.78. The molecule has 0 radical (unpaired) electrons. The van der Waals surface area contributed by atoms with E-state index in [0.29, 0.717) is 12.1 Å². The first-order valence-electron chi connectivity index (χ1n) is 6.49. The second kappa shape index (κ2) is 6.37. The molecule has 2 aromatic carbocycles. The third kappa shape index (κ3) is 3.95. The molecule has 4 heteroatoms. The van der Waals surface area contributed by atoms with Crippen LogP contribution in [0.1, 0.15) is 19.4 Å². The molecule has 0 unspecified atom stereocenters. The average Bonchev–Trinajstić information content (AvgIpc) is 2.39. The Balaban J connectivity index is 1.96. The van der Waals surface area contributed by atoms with Crippen molar-refractivity contribution in [1.29, 1.82) is 0 Å². The van der Waals surface area contributed by atoms with Crippen LogP contribution in [-0.4, -0.2) is 6.10 Å². The fourth-order valence-corrected chi connectivity index (χ4v) is 1.79. The van der Waals surface area contributed by atoms with Gasteiger partial charge in [-0.1, -0.05) is 6.07 Å². The molecule has 0 fully saturated rings. The lowest BCUT2D eigenvalue weighted by molar-refractivity contribution is 0.242. The summed E-state index contributed by atoms with van der Waals surface area (Å²) in [7, 11) is 0. The monoisotopic (exact) mass is 277 g/mol. The number of rotatable bonds is 5. The maximum atomic E-state index is 13.5. The van der Waals surface area contributed by atoms with Crippen molar-refractivity contribution in [1.82, 2.24) is 0 Å². The first kappa shape index (κ1) is 14.3. The van der Waals surface area contributed by atoms with Crippen LogP contribution in [0.5, 0.6) is 5.75 Å². The van der Waals surface area contributed by atoms with Crippen LogP contribution < -0.4 is 10.1 Å². The lowest BCUT2D eigenvalue weighted by Crippen LogP contribution is -2.05. The van der Waals surface area contributed by atoms with Gasteiger partial charge in [-0.05, 0) is 44.2 Å². The molecule has 0 heterocycles. The number of nitrogens with one attached hydrogen (secondary N) is 1. The van der Waals surface area contributed by atoms with Crippen molar-refractivity contribution < 1.29 is 13.5 Å². The van der Waals surface area contributed by atoms with Gasteiger partial charge in [-0.2, -0.15) is 0 Å². The number of anilines is 1. The highest BCUT2D eigenvalue weighted by Gasteiger charge is 2.04. The Labute approximate surface area is 117 Å². The molecule has 0 aliphatic rings. The van der Waals surface area contributed by atoms with Gasteiger partial charge >= 0.3 is 0 Å². The second-order valence-electron chi connectivity index (χ2n) is 4.78. The summed E-state index contributed by atoms with van der Waals surface area (Å²) in [5, 5.41) is 3.08. The van der Waals surface area contributed by atoms with Crippen molar-refractivity contribution in [2.45, 2.75) is 26.5 Å². The van der Waals surface area contributed by atoms with E-state index in [9.17, 15) is 8.78 Å². The highest BCUT2D eigenvalue weighted by molar-refractivity contribution is 5.46. The average molecular weight is 277 g/mol. The topological polar surface area (TPSA) is 21.3 Å². The molecule has 0 saturated heterocycles. The zero-order chi connectivity index (χ0) is 14.5. The molecule has 1 N–H and O–H groups in total. The Bertz CT molecular complexity index is 567. The Morgan fingerprint density at radius 1 is 1.05 bits per heavy atom. The van der Waals surface area contributed by atoms with Gasteiger partial charge in [-0.3, -0.25) is 0 Å². The van der Waals surface area contributed by atoms with E-state index in [0.717, 1.165) is 17.5 Å². The van der Waals surface area contributed by atoms with Crippen LogP contribution in [-0.2, 0) is 6.54 Å². The van der Waals surface area contributed by atoms with Gasteiger partial charge in [-0.25, -0.2) is 8.78 Å². The van der Waals surface area contributed by atoms with E-state index in [1.165, 1.54) is 12.1 Å². The summed E-state index contributed by atoms with van der Waals surface area (Å²) in [5.74, 6) is -0.322. The molecule has 2 rings (SSSR count). The molecule has 0 bridgehead atoms. The van der Waals surface area contributed by atoms with Crippen molar-refractivity contribution in [3.8, 4) is 5.75 Å². The predicted molar refractivity (Wildman–Crippen MR) is 75.9 cm³/mol. The fourth-order valence-electron chi connectivity index (χ4n) is 1.79. The third-order valence-electron chi connectivity index (χ3n) is 2.72. The lowest BCUT2D eigenvalue weighted by Gasteiger charge is -2.11. The Kier molecular flexibility index (Phi) is 4.56. The van der Waals surface area contributed by atoms with Crippen molar-refractivity contribution in [2.24, 2.45) is 0 Å². The number of ether oxygens (including phenoxy) is 1. The van der Waals surface area contributed by atoms with E-state index in [-0.39, 0.29) is 6.10 Å². The van der Waals surface area contributed by atoms with E-state index in [2.05, 4.69) is 5.32 Å². The molecule has 0 spiro atoms. The smallest absolute Gasteiger partial charge is 0.131 e. The molecular weight excluding hydrogens is 260 g/mol. The summed E-state index contributed by atoms with van der Waals surface area (Å²) in [6.07, 6.45) is 0.127. The van der Waals surface area contributed by atoms with Crippen LogP contribution in [0.4, 0.5) is 14.5 Å². The van der Waals surface area contributed by atoms with Gasteiger partial charge in [-0.15, -0.1) is 0 Å². The van der Waals surface area contributed by atoms with Gasteiger partial charge in [0, 0.05) is 23.9 Å². The summed E-state index contributed by atoms with van der Waals surface area (Å²) < 4.78 is 31.8. The van der Waals surface area contributed by atoms with Gasteiger partial charge < -0.3 is 10.1 Å². The van der Waals surface area contributed by atoms with Gasteiger partial charge in [0.05, 0.1) is 6.10 Å². The zero-order valence-corrected chi connectivity index (χ0v) is 11.5. The van der Waals surface area contributed by atoms with Crippen LogP contribution in [0, 0.1) is 11.6 Å². The van der Waals surface area contributed by atoms with Gasteiger partial charge in [0.2, 0.25) is 0 Å². The Morgan fingerprint density at radius 2 is 1.75 bits per heavy atom. The first-order chi connectivity index (χ1) is 9.54. The summed E-state index contributed by atoms with van der Waals surface area (Å²) in [5.41, 5.74) is 1.28. The lowest BCUT2D eigenvalue weighted by atomic mass is 10.2. The van der Waals surface area contributed by atoms with Crippen LogP contribution >= 0.6 is 0 Å². The standard InChI is InChI=1S/C16H17F2NO/c1-11(2)20-15-7-5-14(6-8-15)19-10-12-3-4-13(17)9-16(12)18/h3-9,11,19H,10H2,1-2H3. The Hall–Kier alpha value is -2.10. The van der Waals surface area contributed by atoms with Crippen molar-refractivity contribution in [2.75, 3.05) is 5.32 Å². The number of halogens is 2. The maximum absolute atomic E-state index is 13.5. The third-order valence-corrected chi connectivity index (χ3v) is 2.72. The summed E-state index contributed by atoms with van der Waals surface area (Å²) in [4.78, 5) is 0. The maximum Gasteiger partial charge on any atom is 0.131 e.